The first kappa shape index (κ1) is 18.3. The van der Waals surface area contributed by atoms with Gasteiger partial charge in [0, 0.05) is 5.56 Å². The number of methoxy groups -OCH3 is 2. The molecule has 0 saturated carbocycles. The SMILES string of the molecule is COc1ccc(/C=C(/C#N)c2cccc3c(=O)c4ccccc4oc23)cc1OC. The first-order valence-corrected chi connectivity index (χ1v) is 8.95. The minimum absolute atomic E-state index is 0.118. The average molecular weight is 383 g/mol. The molecule has 0 bridgehead atoms. The van der Waals surface area contributed by atoms with Gasteiger partial charge in [0.25, 0.3) is 0 Å². The van der Waals surface area contributed by atoms with Crippen LogP contribution in [0.2, 0.25) is 0 Å². The van der Waals surface area contributed by atoms with Crippen molar-refractivity contribution in [3.8, 4) is 17.6 Å². The van der Waals surface area contributed by atoms with Crippen molar-refractivity contribution < 1.29 is 13.9 Å². The largest absolute Gasteiger partial charge is 0.493 e. The van der Waals surface area contributed by atoms with Crippen LogP contribution < -0.4 is 14.9 Å². The number of allylic oxidation sites excluding steroid dienone is 1. The highest BCUT2D eigenvalue weighted by molar-refractivity contribution is 6.01. The molecule has 5 nitrogen and oxygen atoms in total. The van der Waals surface area contributed by atoms with Gasteiger partial charge in [0.15, 0.2) is 11.5 Å². The lowest BCUT2D eigenvalue weighted by Gasteiger charge is -2.09. The van der Waals surface area contributed by atoms with Crippen LogP contribution in [0.3, 0.4) is 0 Å². The van der Waals surface area contributed by atoms with Crippen molar-refractivity contribution in [1.82, 2.24) is 0 Å². The highest BCUT2D eigenvalue weighted by Crippen LogP contribution is 2.31. The zero-order chi connectivity index (χ0) is 20.4. The number of para-hydroxylation sites is 2. The first-order chi connectivity index (χ1) is 14.2. The summed E-state index contributed by atoms with van der Waals surface area (Å²) in [6.45, 7) is 0. The maximum absolute atomic E-state index is 12.9. The van der Waals surface area contributed by atoms with E-state index in [0.717, 1.165) is 5.56 Å². The quantitative estimate of drug-likeness (QED) is 0.281. The molecule has 0 saturated heterocycles. The summed E-state index contributed by atoms with van der Waals surface area (Å²) in [7, 11) is 3.12. The lowest BCUT2D eigenvalue weighted by Crippen LogP contribution is -2.03. The Balaban J connectivity index is 1.94. The van der Waals surface area contributed by atoms with E-state index in [0.29, 0.717) is 44.6 Å². The van der Waals surface area contributed by atoms with Crippen LogP contribution in [0.15, 0.2) is 69.9 Å². The smallest absolute Gasteiger partial charge is 0.200 e. The third kappa shape index (κ3) is 3.21. The van der Waals surface area contributed by atoms with Crippen molar-refractivity contribution in [2.24, 2.45) is 0 Å². The van der Waals surface area contributed by atoms with Gasteiger partial charge in [-0.1, -0.05) is 24.3 Å². The minimum Gasteiger partial charge on any atom is -0.493 e. The van der Waals surface area contributed by atoms with Gasteiger partial charge < -0.3 is 13.9 Å². The Morgan fingerprint density at radius 3 is 2.48 bits per heavy atom. The highest BCUT2D eigenvalue weighted by Gasteiger charge is 2.14. The van der Waals surface area contributed by atoms with Gasteiger partial charge in [-0.3, -0.25) is 4.79 Å². The van der Waals surface area contributed by atoms with Crippen LogP contribution in [0, 0.1) is 11.3 Å². The molecule has 0 aliphatic rings. The van der Waals surface area contributed by atoms with E-state index < -0.39 is 0 Å². The number of rotatable bonds is 4. The number of ether oxygens (including phenoxy) is 2. The summed E-state index contributed by atoms with van der Waals surface area (Å²) in [5.41, 5.74) is 2.46. The lowest BCUT2D eigenvalue weighted by atomic mass is 10.0. The van der Waals surface area contributed by atoms with Crippen molar-refractivity contribution in [3.63, 3.8) is 0 Å². The van der Waals surface area contributed by atoms with Crippen molar-refractivity contribution in [1.29, 1.82) is 5.26 Å². The Hall–Kier alpha value is -4.04. The van der Waals surface area contributed by atoms with Crippen LogP contribution in [0.4, 0.5) is 0 Å². The predicted molar refractivity (Wildman–Crippen MR) is 113 cm³/mol. The lowest BCUT2D eigenvalue weighted by molar-refractivity contribution is 0.355. The summed E-state index contributed by atoms with van der Waals surface area (Å²) < 4.78 is 16.6. The summed E-state index contributed by atoms with van der Waals surface area (Å²) >= 11 is 0. The van der Waals surface area contributed by atoms with Crippen LogP contribution in [-0.2, 0) is 0 Å². The van der Waals surface area contributed by atoms with Crippen molar-refractivity contribution in [2.45, 2.75) is 0 Å². The van der Waals surface area contributed by atoms with E-state index in [1.54, 1.807) is 68.8 Å². The number of benzene rings is 3. The molecule has 0 N–H and O–H groups in total. The fraction of sp³-hybridized carbons (Fsp3) is 0.0833. The number of fused-ring (bicyclic) bond motifs is 2. The van der Waals surface area contributed by atoms with E-state index in [4.69, 9.17) is 13.9 Å². The van der Waals surface area contributed by atoms with Crippen molar-refractivity contribution >= 4 is 33.6 Å². The third-order valence-electron chi connectivity index (χ3n) is 4.73. The second-order valence-electron chi connectivity index (χ2n) is 6.39. The summed E-state index contributed by atoms with van der Waals surface area (Å²) in [5.74, 6) is 1.17. The summed E-state index contributed by atoms with van der Waals surface area (Å²) in [6.07, 6.45) is 1.73. The Kier molecular flexibility index (Phi) is 4.76. The number of nitrogens with zero attached hydrogens (tertiary/aromatic N) is 1. The van der Waals surface area contributed by atoms with E-state index in [1.165, 1.54) is 0 Å². The van der Waals surface area contributed by atoms with E-state index in [1.807, 2.05) is 12.1 Å². The zero-order valence-electron chi connectivity index (χ0n) is 15.9. The molecule has 0 spiro atoms. The molecular weight excluding hydrogens is 366 g/mol. The molecule has 1 heterocycles. The normalized spacial score (nSPS) is 11.4. The standard InChI is InChI=1S/C24H17NO4/c1-27-21-11-10-15(13-22(21)28-2)12-16(14-25)17-7-5-8-19-23(26)18-6-3-4-9-20(18)29-24(17)19/h3-13H,1-2H3/b16-12-. The highest BCUT2D eigenvalue weighted by atomic mass is 16.5. The van der Waals surface area contributed by atoms with E-state index in [2.05, 4.69) is 6.07 Å². The molecule has 0 unspecified atom stereocenters. The second-order valence-corrected chi connectivity index (χ2v) is 6.39. The molecule has 0 aliphatic carbocycles. The maximum atomic E-state index is 12.9. The van der Waals surface area contributed by atoms with Gasteiger partial charge >= 0.3 is 0 Å². The van der Waals surface area contributed by atoms with Gasteiger partial charge in [0.2, 0.25) is 5.43 Å². The molecule has 0 amide bonds. The van der Waals surface area contributed by atoms with Gasteiger partial charge in [0.1, 0.15) is 11.2 Å². The fourth-order valence-electron chi connectivity index (χ4n) is 3.32. The Bertz CT molecular complexity index is 1360. The van der Waals surface area contributed by atoms with Crippen molar-refractivity contribution in [2.75, 3.05) is 14.2 Å². The summed E-state index contributed by atoms with van der Waals surface area (Å²) in [6, 6.07) is 19.9. The number of nitriles is 1. The second kappa shape index (κ2) is 7.53. The predicted octanol–water partition coefficient (Wildman–Crippen LogP) is 5.03. The van der Waals surface area contributed by atoms with Crippen LogP contribution in [0.25, 0.3) is 33.6 Å². The first-order valence-electron chi connectivity index (χ1n) is 8.95. The molecule has 4 aromatic rings. The van der Waals surface area contributed by atoms with Crippen LogP contribution in [0.5, 0.6) is 11.5 Å². The molecule has 5 heteroatoms. The molecule has 3 aromatic carbocycles. The topological polar surface area (TPSA) is 72.5 Å². The van der Waals surface area contributed by atoms with Crippen LogP contribution in [-0.4, -0.2) is 14.2 Å². The van der Waals surface area contributed by atoms with Crippen molar-refractivity contribution in [3.05, 3.63) is 82.0 Å². The molecule has 0 aliphatic heterocycles. The van der Waals surface area contributed by atoms with Gasteiger partial charge in [-0.05, 0) is 48.0 Å². The fourth-order valence-corrected chi connectivity index (χ4v) is 3.32. The summed E-state index contributed by atoms with van der Waals surface area (Å²) in [5, 5.41) is 10.8. The van der Waals surface area contributed by atoms with E-state index in [-0.39, 0.29) is 5.43 Å². The molecule has 0 radical (unpaired) electrons. The molecule has 4 rings (SSSR count). The molecule has 29 heavy (non-hydrogen) atoms. The summed E-state index contributed by atoms with van der Waals surface area (Å²) in [4.78, 5) is 12.9. The maximum Gasteiger partial charge on any atom is 0.200 e. The Labute approximate surface area is 167 Å². The van der Waals surface area contributed by atoms with Gasteiger partial charge in [0.05, 0.1) is 36.6 Å². The Morgan fingerprint density at radius 1 is 0.966 bits per heavy atom. The Morgan fingerprint density at radius 2 is 1.72 bits per heavy atom. The van der Waals surface area contributed by atoms with Gasteiger partial charge in [-0.2, -0.15) is 5.26 Å². The van der Waals surface area contributed by atoms with Gasteiger partial charge in [-0.25, -0.2) is 0 Å². The van der Waals surface area contributed by atoms with Crippen LogP contribution >= 0.6 is 0 Å². The number of hydrogen-bond donors (Lipinski definition) is 0. The van der Waals surface area contributed by atoms with Gasteiger partial charge in [-0.15, -0.1) is 0 Å². The van der Waals surface area contributed by atoms with E-state index >= 15 is 0 Å². The zero-order valence-corrected chi connectivity index (χ0v) is 15.9. The number of hydrogen-bond acceptors (Lipinski definition) is 5. The molecule has 0 fully saturated rings. The average Bonchev–Trinajstić information content (AvgIpc) is 2.77. The molecule has 142 valence electrons. The van der Waals surface area contributed by atoms with E-state index in [9.17, 15) is 10.1 Å². The van der Waals surface area contributed by atoms with Crippen LogP contribution in [0.1, 0.15) is 11.1 Å². The third-order valence-corrected chi connectivity index (χ3v) is 4.73. The molecular formula is C24H17NO4. The monoisotopic (exact) mass is 383 g/mol. The molecule has 1 aromatic heterocycles. The minimum atomic E-state index is -0.118. The molecule has 0 atom stereocenters.